The number of nitrogens with zero attached hydrogens (tertiary/aromatic N) is 1. The number of anilines is 1. The van der Waals surface area contributed by atoms with Crippen LogP contribution < -0.4 is 11.1 Å². The molecule has 1 unspecified atom stereocenters. The Bertz CT molecular complexity index is 485. The zero-order valence-electron chi connectivity index (χ0n) is 12.6. The largest absolute Gasteiger partial charge is 0.389 e. The highest BCUT2D eigenvalue weighted by Gasteiger charge is 2.24. The van der Waals surface area contributed by atoms with Gasteiger partial charge in [-0.2, -0.15) is 0 Å². The first kappa shape index (κ1) is 15.3. The lowest BCUT2D eigenvalue weighted by molar-refractivity contribution is 0.266. The van der Waals surface area contributed by atoms with E-state index < -0.39 is 0 Å². The first-order chi connectivity index (χ1) is 9.47. The summed E-state index contributed by atoms with van der Waals surface area (Å²) < 4.78 is 0. The van der Waals surface area contributed by atoms with Crippen molar-refractivity contribution in [1.29, 1.82) is 0 Å². The minimum absolute atomic E-state index is 0.464. The predicted octanol–water partition coefficient (Wildman–Crippen LogP) is 2.77. The van der Waals surface area contributed by atoms with Gasteiger partial charge in [0.25, 0.3) is 0 Å². The van der Waals surface area contributed by atoms with Crippen LogP contribution in [0.25, 0.3) is 0 Å². The van der Waals surface area contributed by atoms with Crippen LogP contribution in [0.4, 0.5) is 5.69 Å². The number of thiocarbonyl (C=S) groups is 1. The lowest BCUT2D eigenvalue weighted by Gasteiger charge is -2.20. The monoisotopic (exact) mass is 291 g/mol. The minimum atomic E-state index is 0.464. The Kier molecular flexibility index (Phi) is 5.00. The van der Waals surface area contributed by atoms with Crippen molar-refractivity contribution >= 4 is 22.9 Å². The molecule has 1 heterocycles. The third-order valence-corrected chi connectivity index (χ3v) is 4.29. The van der Waals surface area contributed by atoms with Crippen molar-refractivity contribution < 1.29 is 0 Å². The summed E-state index contributed by atoms with van der Waals surface area (Å²) in [5.41, 5.74) is 9.02. The van der Waals surface area contributed by atoms with Crippen LogP contribution >= 0.6 is 12.2 Å². The van der Waals surface area contributed by atoms with Gasteiger partial charge in [0.2, 0.25) is 0 Å². The fourth-order valence-corrected chi connectivity index (χ4v) is 2.94. The summed E-state index contributed by atoms with van der Waals surface area (Å²) in [5, 5.41) is 3.53. The van der Waals surface area contributed by atoms with Crippen LogP contribution in [-0.4, -0.2) is 35.6 Å². The van der Waals surface area contributed by atoms with Gasteiger partial charge in [0, 0.05) is 30.4 Å². The Morgan fingerprint density at radius 2 is 2.25 bits per heavy atom. The SMILES string of the molecule is Cc1ccc(NCC2CCN(C(C)C)C2)c(C(N)=S)c1. The molecule has 0 spiro atoms. The van der Waals surface area contributed by atoms with Gasteiger partial charge in [-0.25, -0.2) is 0 Å². The highest BCUT2D eigenvalue weighted by molar-refractivity contribution is 7.80. The van der Waals surface area contributed by atoms with Crippen LogP contribution in [0.2, 0.25) is 0 Å². The molecule has 1 fully saturated rings. The van der Waals surface area contributed by atoms with Crippen molar-refractivity contribution in [2.24, 2.45) is 11.7 Å². The normalized spacial score (nSPS) is 19.5. The number of aryl methyl sites for hydroxylation is 1. The van der Waals surface area contributed by atoms with E-state index in [1.165, 1.54) is 25.1 Å². The average molecular weight is 291 g/mol. The molecule has 0 saturated carbocycles. The smallest absolute Gasteiger partial charge is 0.106 e. The summed E-state index contributed by atoms with van der Waals surface area (Å²) in [7, 11) is 0. The van der Waals surface area contributed by atoms with Crippen molar-refractivity contribution in [1.82, 2.24) is 4.90 Å². The fraction of sp³-hybridized carbons (Fsp3) is 0.562. The Morgan fingerprint density at radius 1 is 1.50 bits per heavy atom. The summed E-state index contributed by atoms with van der Waals surface area (Å²) >= 11 is 5.14. The molecule has 4 heteroatoms. The summed E-state index contributed by atoms with van der Waals surface area (Å²) in [6.07, 6.45) is 1.26. The van der Waals surface area contributed by atoms with Gasteiger partial charge in [0.15, 0.2) is 0 Å². The molecular weight excluding hydrogens is 266 g/mol. The molecule has 3 nitrogen and oxygen atoms in total. The van der Waals surface area contributed by atoms with Gasteiger partial charge < -0.3 is 16.0 Å². The molecule has 1 atom stereocenters. The number of benzene rings is 1. The van der Waals surface area contributed by atoms with E-state index in [0.717, 1.165) is 17.8 Å². The maximum absolute atomic E-state index is 5.81. The lowest BCUT2D eigenvalue weighted by atomic mass is 10.1. The molecule has 0 radical (unpaired) electrons. The quantitative estimate of drug-likeness (QED) is 0.819. The highest BCUT2D eigenvalue weighted by Crippen LogP contribution is 2.21. The van der Waals surface area contributed by atoms with Gasteiger partial charge >= 0.3 is 0 Å². The van der Waals surface area contributed by atoms with Crippen LogP contribution in [0, 0.1) is 12.8 Å². The second-order valence-corrected chi connectivity index (χ2v) is 6.48. The molecule has 20 heavy (non-hydrogen) atoms. The van der Waals surface area contributed by atoms with Crippen molar-refractivity contribution in [3.05, 3.63) is 29.3 Å². The molecule has 0 aromatic heterocycles. The Hall–Kier alpha value is -1.13. The van der Waals surface area contributed by atoms with E-state index in [4.69, 9.17) is 18.0 Å². The van der Waals surface area contributed by atoms with Crippen LogP contribution in [0.15, 0.2) is 18.2 Å². The van der Waals surface area contributed by atoms with Gasteiger partial charge in [0.05, 0.1) is 0 Å². The van der Waals surface area contributed by atoms with Crippen molar-refractivity contribution in [2.45, 2.75) is 33.2 Å². The van der Waals surface area contributed by atoms with Crippen LogP contribution in [0.3, 0.4) is 0 Å². The second kappa shape index (κ2) is 6.55. The number of hydrogen-bond acceptors (Lipinski definition) is 3. The minimum Gasteiger partial charge on any atom is -0.389 e. The molecule has 0 bridgehead atoms. The van der Waals surface area contributed by atoms with Gasteiger partial charge in [-0.1, -0.05) is 23.8 Å². The third kappa shape index (κ3) is 3.70. The maximum atomic E-state index is 5.81. The average Bonchev–Trinajstić information content (AvgIpc) is 2.86. The summed E-state index contributed by atoms with van der Waals surface area (Å²) in [5.74, 6) is 0.706. The first-order valence-electron chi connectivity index (χ1n) is 7.35. The Balaban J connectivity index is 1.96. The maximum Gasteiger partial charge on any atom is 0.106 e. The molecule has 110 valence electrons. The van der Waals surface area contributed by atoms with Crippen molar-refractivity contribution in [3.63, 3.8) is 0 Å². The molecule has 1 saturated heterocycles. The number of rotatable bonds is 5. The molecule has 1 aromatic carbocycles. The van der Waals surface area contributed by atoms with E-state index in [0.29, 0.717) is 16.9 Å². The molecule has 0 amide bonds. The van der Waals surface area contributed by atoms with Crippen molar-refractivity contribution in [2.75, 3.05) is 25.0 Å². The van der Waals surface area contributed by atoms with Crippen LogP contribution in [0.1, 0.15) is 31.4 Å². The van der Waals surface area contributed by atoms with E-state index in [1.54, 1.807) is 0 Å². The highest BCUT2D eigenvalue weighted by atomic mass is 32.1. The molecule has 2 rings (SSSR count). The van der Waals surface area contributed by atoms with E-state index in [2.05, 4.69) is 49.2 Å². The van der Waals surface area contributed by atoms with E-state index in [9.17, 15) is 0 Å². The molecule has 3 N–H and O–H groups in total. The zero-order chi connectivity index (χ0) is 14.7. The van der Waals surface area contributed by atoms with Crippen molar-refractivity contribution in [3.8, 4) is 0 Å². The first-order valence-corrected chi connectivity index (χ1v) is 7.76. The lowest BCUT2D eigenvalue weighted by Crippen LogP contribution is -2.29. The van der Waals surface area contributed by atoms with Crippen LogP contribution in [0.5, 0.6) is 0 Å². The predicted molar refractivity (Wildman–Crippen MR) is 90.4 cm³/mol. The third-order valence-electron chi connectivity index (χ3n) is 4.07. The van der Waals surface area contributed by atoms with Gasteiger partial charge in [0.1, 0.15) is 4.99 Å². The van der Waals surface area contributed by atoms with Crippen LogP contribution in [-0.2, 0) is 0 Å². The Labute approximate surface area is 127 Å². The summed E-state index contributed by atoms with van der Waals surface area (Å²) in [6, 6.07) is 6.88. The molecular formula is C16H25N3S. The summed E-state index contributed by atoms with van der Waals surface area (Å²) in [4.78, 5) is 3.00. The van der Waals surface area contributed by atoms with Gasteiger partial charge in [-0.15, -0.1) is 0 Å². The van der Waals surface area contributed by atoms with E-state index >= 15 is 0 Å². The molecule has 0 aliphatic carbocycles. The fourth-order valence-electron chi connectivity index (χ4n) is 2.77. The molecule has 1 aliphatic heterocycles. The number of nitrogens with two attached hydrogens (primary N) is 1. The zero-order valence-corrected chi connectivity index (χ0v) is 13.5. The molecule has 1 aliphatic rings. The van der Waals surface area contributed by atoms with Gasteiger partial charge in [-0.05, 0) is 51.8 Å². The Morgan fingerprint density at radius 3 is 2.85 bits per heavy atom. The summed E-state index contributed by atoms with van der Waals surface area (Å²) in [6.45, 7) is 9.96. The standard InChI is InChI=1S/C16H25N3S/c1-11(2)19-7-6-13(10-19)9-18-15-5-4-12(3)8-14(15)16(17)20/h4-5,8,11,13,18H,6-7,9-10H2,1-3H3,(H2,17,20). The van der Waals surface area contributed by atoms with E-state index in [-0.39, 0.29) is 0 Å². The molecule has 1 aromatic rings. The second-order valence-electron chi connectivity index (χ2n) is 6.04. The number of hydrogen-bond donors (Lipinski definition) is 2. The topological polar surface area (TPSA) is 41.3 Å². The van der Waals surface area contributed by atoms with Gasteiger partial charge in [-0.3, -0.25) is 0 Å². The number of nitrogens with one attached hydrogen (secondary N) is 1. The number of likely N-dealkylation sites (tertiary alicyclic amines) is 1. The van der Waals surface area contributed by atoms with E-state index in [1.807, 2.05) is 0 Å².